The van der Waals surface area contributed by atoms with E-state index in [2.05, 4.69) is 11.0 Å². The molecule has 0 unspecified atom stereocenters. The average molecular weight is 553 g/mol. The number of benzene rings is 2. The standard InChI is InChI=1S/C32H41ClN2O4/c1-23-30(36)34(3)17-9-6-4-5-7-10-18-35-19-11-8-12-24-20-27(33)15-13-25(24)22-39-29-16-14-26(21-28(29)35)32(23,2)31(37)38/h6,9,13-16,20-21,23H,4-5,7-8,10-12,17-19,22H2,1-3H3,(H,37,38)/b9-6-/t23-,32-/m0/s1. The number of carbonyl (C=O) groups excluding carboxylic acids is 1. The monoisotopic (exact) mass is 552 g/mol. The van der Waals surface area contributed by atoms with Crippen LogP contribution in [0.3, 0.4) is 0 Å². The molecule has 2 bridgehead atoms. The van der Waals surface area contributed by atoms with Crippen LogP contribution < -0.4 is 9.64 Å². The molecule has 0 spiro atoms. The van der Waals surface area contributed by atoms with Gasteiger partial charge in [-0.25, -0.2) is 0 Å². The Balaban J connectivity index is 1.79. The number of anilines is 1. The third-order valence-electron chi connectivity index (χ3n) is 8.48. The number of fused-ring (bicyclic) bond motifs is 2. The minimum absolute atomic E-state index is 0.184. The van der Waals surface area contributed by atoms with Crippen molar-refractivity contribution in [3.63, 3.8) is 0 Å². The highest BCUT2D eigenvalue weighted by Gasteiger charge is 2.45. The van der Waals surface area contributed by atoms with Crippen LogP contribution in [0.5, 0.6) is 5.75 Å². The van der Waals surface area contributed by atoms with Crippen molar-refractivity contribution in [2.75, 3.05) is 31.6 Å². The van der Waals surface area contributed by atoms with Crippen LogP contribution in [0.1, 0.15) is 69.1 Å². The summed E-state index contributed by atoms with van der Waals surface area (Å²) in [6.45, 7) is 5.99. The summed E-state index contributed by atoms with van der Waals surface area (Å²) in [5.41, 5.74) is 2.44. The molecule has 4 rings (SSSR count). The molecule has 0 aliphatic carbocycles. The Morgan fingerprint density at radius 3 is 2.56 bits per heavy atom. The van der Waals surface area contributed by atoms with Crippen molar-refractivity contribution >= 4 is 29.2 Å². The van der Waals surface area contributed by atoms with Gasteiger partial charge in [-0.15, -0.1) is 0 Å². The topological polar surface area (TPSA) is 70.1 Å². The van der Waals surface area contributed by atoms with Crippen molar-refractivity contribution in [3.8, 4) is 5.75 Å². The molecule has 2 atom stereocenters. The second-order valence-electron chi connectivity index (χ2n) is 11.1. The number of rotatable bonds is 1. The molecule has 2 heterocycles. The number of halogens is 1. The van der Waals surface area contributed by atoms with Crippen LogP contribution in [0, 0.1) is 5.92 Å². The van der Waals surface area contributed by atoms with Gasteiger partial charge in [0.05, 0.1) is 11.6 Å². The van der Waals surface area contributed by atoms with Crippen molar-refractivity contribution in [2.24, 2.45) is 5.92 Å². The molecule has 2 aliphatic heterocycles. The first kappa shape index (κ1) is 29.0. The maximum atomic E-state index is 13.4. The van der Waals surface area contributed by atoms with Crippen molar-refractivity contribution in [1.29, 1.82) is 0 Å². The number of carboxylic acid groups (broad SMARTS) is 1. The molecule has 2 aliphatic rings. The summed E-state index contributed by atoms with van der Waals surface area (Å²) in [6, 6.07) is 11.6. The highest BCUT2D eigenvalue weighted by molar-refractivity contribution is 6.30. The zero-order valence-corrected chi connectivity index (χ0v) is 24.2. The number of likely N-dealkylation sites (N-methyl/N-ethyl adjacent to an activating group) is 1. The number of ether oxygens (including phenoxy) is 1. The van der Waals surface area contributed by atoms with Gasteiger partial charge in [0.1, 0.15) is 17.8 Å². The fourth-order valence-corrected chi connectivity index (χ4v) is 5.82. The van der Waals surface area contributed by atoms with Gasteiger partial charge < -0.3 is 19.6 Å². The Kier molecular flexibility index (Phi) is 9.60. The number of allylic oxidation sites excluding steroid dienone is 1. The van der Waals surface area contributed by atoms with Crippen molar-refractivity contribution < 1.29 is 19.4 Å². The van der Waals surface area contributed by atoms with E-state index in [9.17, 15) is 14.7 Å². The van der Waals surface area contributed by atoms with Gasteiger partial charge in [-0.1, -0.05) is 49.2 Å². The number of carboxylic acids is 1. The SMILES string of the molecule is C[C@H]1C(=O)N(C)C/C=C\CCCCCN2CCCCc3cc(Cl)ccc3COc3ccc(cc32)[C@@]1(C)C(=O)O. The van der Waals surface area contributed by atoms with Crippen LogP contribution in [0.4, 0.5) is 5.69 Å². The number of amides is 1. The fraction of sp³-hybridized carbons (Fsp3) is 0.500. The Hall–Kier alpha value is -2.99. The van der Waals surface area contributed by atoms with Crippen LogP contribution in [0.2, 0.25) is 5.02 Å². The predicted octanol–water partition coefficient (Wildman–Crippen LogP) is 6.63. The molecule has 2 aromatic carbocycles. The van der Waals surface area contributed by atoms with E-state index in [-0.39, 0.29) is 5.91 Å². The van der Waals surface area contributed by atoms with Gasteiger partial charge in [0.15, 0.2) is 0 Å². The minimum Gasteiger partial charge on any atom is -0.487 e. The molecule has 2 aromatic rings. The lowest BCUT2D eigenvalue weighted by atomic mass is 9.71. The summed E-state index contributed by atoms with van der Waals surface area (Å²) in [5, 5.41) is 11.2. The van der Waals surface area contributed by atoms with E-state index in [1.807, 2.05) is 42.5 Å². The molecule has 39 heavy (non-hydrogen) atoms. The average Bonchev–Trinajstić information content (AvgIpc) is 2.95. The van der Waals surface area contributed by atoms with Gasteiger partial charge in [0, 0.05) is 31.7 Å². The quantitative estimate of drug-likeness (QED) is 0.402. The zero-order valence-electron chi connectivity index (χ0n) is 23.4. The molecule has 0 saturated heterocycles. The van der Waals surface area contributed by atoms with Gasteiger partial charge in [-0.2, -0.15) is 0 Å². The number of nitrogens with zero attached hydrogens (tertiary/aromatic N) is 2. The molecule has 1 N–H and O–H groups in total. The first-order valence-electron chi connectivity index (χ1n) is 14.1. The molecule has 7 heteroatoms. The van der Waals surface area contributed by atoms with E-state index in [4.69, 9.17) is 16.3 Å². The number of aryl methyl sites for hydroxylation is 1. The highest BCUT2D eigenvalue weighted by Crippen LogP contribution is 2.40. The maximum absolute atomic E-state index is 13.4. The third-order valence-corrected chi connectivity index (χ3v) is 8.71. The van der Waals surface area contributed by atoms with Crippen LogP contribution in [-0.2, 0) is 28.0 Å². The number of hydrogen-bond acceptors (Lipinski definition) is 4. The van der Waals surface area contributed by atoms with E-state index >= 15 is 0 Å². The number of hydrogen-bond donors (Lipinski definition) is 1. The Bertz CT molecular complexity index is 1210. The van der Waals surface area contributed by atoms with Gasteiger partial charge >= 0.3 is 5.97 Å². The molecule has 1 amide bonds. The lowest BCUT2D eigenvalue weighted by Gasteiger charge is -2.35. The van der Waals surface area contributed by atoms with Gasteiger partial charge in [-0.05, 0) is 86.4 Å². The first-order chi connectivity index (χ1) is 18.7. The van der Waals surface area contributed by atoms with E-state index in [0.717, 1.165) is 80.1 Å². The molecule has 0 radical (unpaired) electrons. The molecule has 0 aromatic heterocycles. The Labute approximate surface area is 237 Å². The highest BCUT2D eigenvalue weighted by atomic mass is 35.5. The lowest BCUT2D eigenvalue weighted by Crippen LogP contribution is -2.47. The molecular weight excluding hydrogens is 512 g/mol. The third kappa shape index (κ3) is 6.60. The maximum Gasteiger partial charge on any atom is 0.314 e. The molecular formula is C32H41ClN2O4. The second kappa shape index (κ2) is 12.9. The number of aliphatic carboxylic acids is 1. The lowest BCUT2D eigenvalue weighted by molar-refractivity contribution is -0.151. The normalized spacial score (nSPS) is 24.2. The van der Waals surface area contributed by atoms with Crippen LogP contribution in [0.15, 0.2) is 48.6 Å². The summed E-state index contributed by atoms with van der Waals surface area (Å²) >= 11 is 6.30. The predicted molar refractivity (Wildman–Crippen MR) is 157 cm³/mol. The van der Waals surface area contributed by atoms with Gasteiger partial charge in [0.25, 0.3) is 0 Å². The van der Waals surface area contributed by atoms with Crippen LogP contribution in [0.25, 0.3) is 0 Å². The van der Waals surface area contributed by atoms with E-state index in [0.29, 0.717) is 18.7 Å². The molecule has 0 fully saturated rings. The smallest absolute Gasteiger partial charge is 0.314 e. The Morgan fingerprint density at radius 1 is 1.03 bits per heavy atom. The van der Waals surface area contributed by atoms with Gasteiger partial charge in [-0.3, -0.25) is 9.59 Å². The summed E-state index contributed by atoms with van der Waals surface area (Å²) in [4.78, 5) is 30.2. The molecule has 0 saturated carbocycles. The fourth-order valence-electron chi connectivity index (χ4n) is 5.62. The van der Waals surface area contributed by atoms with E-state index in [1.54, 1.807) is 25.8 Å². The first-order valence-corrected chi connectivity index (χ1v) is 14.5. The zero-order chi connectivity index (χ0) is 28.0. The summed E-state index contributed by atoms with van der Waals surface area (Å²) in [5.74, 6) is -1.22. The summed E-state index contributed by atoms with van der Waals surface area (Å²) in [6.07, 6.45) is 11.3. The van der Waals surface area contributed by atoms with Crippen LogP contribution in [-0.4, -0.2) is 48.6 Å². The van der Waals surface area contributed by atoms with Crippen molar-refractivity contribution in [1.82, 2.24) is 4.90 Å². The van der Waals surface area contributed by atoms with E-state index < -0.39 is 17.3 Å². The van der Waals surface area contributed by atoms with E-state index in [1.165, 1.54) is 5.56 Å². The molecule has 210 valence electrons. The minimum atomic E-state index is -1.40. The molecule has 6 nitrogen and oxygen atoms in total. The summed E-state index contributed by atoms with van der Waals surface area (Å²) < 4.78 is 6.43. The van der Waals surface area contributed by atoms with Crippen molar-refractivity contribution in [3.05, 3.63) is 70.3 Å². The Morgan fingerprint density at radius 2 is 1.79 bits per heavy atom. The summed E-state index contributed by atoms with van der Waals surface area (Å²) in [7, 11) is 1.74. The van der Waals surface area contributed by atoms with Crippen LogP contribution >= 0.6 is 11.6 Å². The second-order valence-corrected chi connectivity index (χ2v) is 11.5. The van der Waals surface area contributed by atoms with Crippen molar-refractivity contribution in [2.45, 2.75) is 70.8 Å². The number of carbonyl (C=O) groups is 2. The van der Waals surface area contributed by atoms with Gasteiger partial charge in [0.2, 0.25) is 5.91 Å². The largest absolute Gasteiger partial charge is 0.487 e.